The summed E-state index contributed by atoms with van der Waals surface area (Å²) in [6.45, 7) is 2.23. The number of aliphatic carboxylic acids is 1. The lowest BCUT2D eigenvalue weighted by Crippen LogP contribution is -2.12. The molecule has 0 saturated carbocycles. The molecule has 7 heteroatoms. The van der Waals surface area contributed by atoms with E-state index in [1.54, 1.807) is 35.0 Å². The number of benzene rings is 1. The Labute approximate surface area is 142 Å². The molecule has 2 N–H and O–H groups in total. The van der Waals surface area contributed by atoms with Gasteiger partial charge in [0, 0.05) is 11.6 Å². The van der Waals surface area contributed by atoms with Gasteiger partial charge in [-0.15, -0.1) is 11.3 Å². The third kappa shape index (κ3) is 3.11. The Morgan fingerprint density at radius 3 is 2.88 bits per heavy atom. The lowest BCUT2D eigenvalue weighted by molar-refractivity contribution is -0.137. The number of hydrogen-bond acceptors (Lipinski definition) is 4. The molecule has 0 bridgehead atoms. The molecule has 1 amide bonds. The fourth-order valence-electron chi connectivity index (χ4n) is 2.53. The SMILES string of the molecule is CCOc1ccsc1C(=O)Nc1cccc2c1ccn2CC(=O)O. The molecular weight excluding hydrogens is 328 g/mol. The minimum absolute atomic E-state index is 0.125. The van der Waals surface area contributed by atoms with Crippen molar-refractivity contribution in [2.75, 3.05) is 11.9 Å². The molecule has 0 aliphatic rings. The van der Waals surface area contributed by atoms with Crippen LogP contribution in [0.15, 0.2) is 41.9 Å². The highest BCUT2D eigenvalue weighted by Gasteiger charge is 2.16. The van der Waals surface area contributed by atoms with Gasteiger partial charge in [0.25, 0.3) is 5.91 Å². The smallest absolute Gasteiger partial charge is 0.323 e. The van der Waals surface area contributed by atoms with Crippen molar-refractivity contribution in [3.05, 3.63) is 46.8 Å². The van der Waals surface area contributed by atoms with Gasteiger partial charge in [0.1, 0.15) is 17.2 Å². The third-order valence-corrected chi connectivity index (χ3v) is 4.40. The molecule has 0 saturated heterocycles. The van der Waals surface area contributed by atoms with Crippen LogP contribution in [-0.2, 0) is 11.3 Å². The second-order valence-electron chi connectivity index (χ2n) is 5.08. The predicted molar refractivity (Wildman–Crippen MR) is 93.0 cm³/mol. The lowest BCUT2D eigenvalue weighted by Gasteiger charge is -2.08. The van der Waals surface area contributed by atoms with Crippen molar-refractivity contribution in [2.24, 2.45) is 0 Å². The van der Waals surface area contributed by atoms with E-state index in [1.807, 2.05) is 18.4 Å². The Kier molecular flexibility index (Phi) is 4.52. The first-order chi connectivity index (χ1) is 11.6. The molecule has 0 spiro atoms. The van der Waals surface area contributed by atoms with Gasteiger partial charge in [-0.3, -0.25) is 9.59 Å². The predicted octanol–water partition coefficient (Wildman–Crippen LogP) is 3.44. The Hall–Kier alpha value is -2.80. The summed E-state index contributed by atoms with van der Waals surface area (Å²) in [4.78, 5) is 24.0. The second-order valence-corrected chi connectivity index (χ2v) is 5.99. The maximum Gasteiger partial charge on any atom is 0.323 e. The Morgan fingerprint density at radius 1 is 1.29 bits per heavy atom. The molecule has 0 aliphatic heterocycles. The Morgan fingerprint density at radius 2 is 2.12 bits per heavy atom. The van der Waals surface area contributed by atoms with E-state index in [9.17, 15) is 9.59 Å². The quantitative estimate of drug-likeness (QED) is 0.718. The van der Waals surface area contributed by atoms with E-state index in [0.717, 1.165) is 10.9 Å². The number of aromatic nitrogens is 1. The number of thiophene rings is 1. The minimum atomic E-state index is -0.915. The average molecular weight is 344 g/mol. The zero-order valence-corrected chi connectivity index (χ0v) is 13.8. The number of carbonyl (C=O) groups excluding carboxylic acids is 1. The maximum absolute atomic E-state index is 12.5. The highest BCUT2D eigenvalue weighted by Crippen LogP contribution is 2.29. The average Bonchev–Trinajstić information content (AvgIpc) is 3.15. The van der Waals surface area contributed by atoms with E-state index in [0.29, 0.717) is 22.9 Å². The summed E-state index contributed by atoms with van der Waals surface area (Å²) < 4.78 is 7.08. The molecule has 6 nitrogen and oxygen atoms in total. The van der Waals surface area contributed by atoms with E-state index in [-0.39, 0.29) is 12.5 Å². The lowest BCUT2D eigenvalue weighted by atomic mass is 10.2. The Balaban J connectivity index is 1.90. The number of carboxylic acid groups (broad SMARTS) is 1. The third-order valence-electron chi connectivity index (χ3n) is 3.50. The molecule has 3 aromatic rings. The summed E-state index contributed by atoms with van der Waals surface area (Å²) in [7, 11) is 0. The van der Waals surface area contributed by atoms with E-state index < -0.39 is 5.97 Å². The van der Waals surface area contributed by atoms with Gasteiger partial charge in [-0.1, -0.05) is 6.07 Å². The molecule has 2 aromatic heterocycles. The minimum Gasteiger partial charge on any atom is -0.492 e. The van der Waals surface area contributed by atoms with Crippen LogP contribution in [-0.4, -0.2) is 28.2 Å². The number of carbonyl (C=O) groups is 2. The number of carboxylic acids is 1. The summed E-state index contributed by atoms with van der Waals surface area (Å²) in [6.07, 6.45) is 1.70. The van der Waals surface area contributed by atoms with Crippen molar-refractivity contribution in [3.8, 4) is 5.75 Å². The van der Waals surface area contributed by atoms with Crippen LogP contribution in [0, 0.1) is 0 Å². The van der Waals surface area contributed by atoms with Crippen molar-refractivity contribution in [1.29, 1.82) is 0 Å². The van der Waals surface area contributed by atoms with Crippen LogP contribution in [0.1, 0.15) is 16.6 Å². The number of amides is 1. The molecule has 3 rings (SSSR count). The van der Waals surface area contributed by atoms with Crippen LogP contribution < -0.4 is 10.1 Å². The van der Waals surface area contributed by atoms with Gasteiger partial charge in [-0.2, -0.15) is 0 Å². The largest absolute Gasteiger partial charge is 0.492 e. The van der Waals surface area contributed by atoms with Crippen LogP contribution in [0.5, 0.6) is 5.75 Å². The molecule has 0 atom stereocenters. The molecule has 124 valence electrons. The van der Waals surface area contributed by atoms with E-state index in [4.69, 9.17) is 9.84 Å². The van der Waals surface area contributed by atoms with Gasteiger partial charge in [-0.25, -0.2) is 0 Å². The zero-order chi connectivity index (χ0) is 17.1. The van der Waals surface area contributed by atoms with E-state index in [1.165, 1.54) is 11.3 Å². The normalized spacial score (nSPS) is 10.7. The number of nitrogens with one attached hydrogen (secondary N) is 1. The molecule has 0 unspecified atom stereocenters. The van der Waals surface area contributed by atoms with Crippen molar-refractivity contribution < 1.29 is 19.4 Å². The molecule has 2 heterocycles. The van der Waals surface area contributed by atoms with Crippen molar-refractivity contribution in [1.82, 2.24) is 4.57 Å². The number of anilines is 1. The number of nitrogens with zero attached hydrogens (tertiary/aromatic N) is 1. The summed E-state index contributed by atoms with van der Waals surface area (Å²) in [5, 5.41) is 14.4. The van der Waals surface area contributed by atoms with Gasteiger partial charge in [-0.05, 0) is 36.6 Å². The van der Waals surface area contributed by atoms with Crippen LogP contribution in [0.25, 0.3) is 10.9 Å². The van der Waals surface area contributed by atoms with Crippen LogP contribution in [0.4, 0.5) is 5.69 Å². The maximum atomic E-state index is 12.5. The number of fused-ring (bicyclic) bond motifs is 1. The van der Waals surface area contributed by atoms with Crippen molar-refractivity contribution >= 4 is 39.8 Å². The summed E-state index contributed by atoms with van der Waals surface area (Å²) in [5.74, 6) is -0.593. The molecular formula is C17H16N2O4S. The second kappa shape index (κ2) is 6.76. The fourth-order valence-corrected chi connectivity index (χ4v) is 3.26. The monoisotopic (exact) mass is 344 g/mol. The topological polar surface area (TPSA) is 80.6 Å². The highest BCUT2D eigenvalue weighted by molar-refractivity contribution is 7.12. The molecule has 1 aromatic carbocycles. The van der Waals surface area contributed by atoms with Gasteiger partial charge < -0.3 is 19.7 Å². The first kappa shape index (κ1) is 16.1. The Bertz CT molecular complexity index is 897. The van der Waals surface area contributed by atoms with Gasteiger partial charge in [0.2, 0.25) is 0 Å². The molecule has 24 heavy (non-hydrogen) atoms. The van der Waals surface area contributed by atoms with Gasteiger partial charge in [0.05, 0.1) is 17.8 Å². The number of ether oxygens (including phenoxy) is 1. The first-order valence-electron chi connectivity index (χ1n) is 7.41. The standard InChI is InChI=1S/C17H16N2O4S/c1-2-23-14-7-9-24-16(14)17(22)18-12-4-3-5-13-11(12)6-8-19(13)10-15(20)21/h3-9H,2,10H2,1H3,(H,18,22)(H,20,21). The van der Waals surface area contributed by atoms with Gasteiger partial charge >= 0.3 is 5.97 Å². The van der Waals surface area contributed by atoms with E-state index in [2.05, 4.69) is 5.32 Å². The molecule has 0 aliphatic carbocycles. The number of hydrogen-bond donors (Lipinski definition) is 2. The fraction of sp³-hybridized carbons (Fsp3) is 0.176. The molecule has 0 fully saturated rings. The zero-order valence-electron chi connectivity index (χ0n) is 13.0. The first-order valence-corrected chi connectivity index (χ1v) is 8.29. The summed E-state index contributed by atoms with van der Waals surface area (Å²) >= 11 is 1.32. The van der Waals surface area contributed by atoms with Crippen molar-refractivity contribution in [2.45, 2.75) is 13.5 Å². The summed E-state index contributed by atoms with van der Waals surface area (Å²) in [6, 6.07) is 8.97. The van der Waals surface area contributed by atoms with Crippen LogP contribution >= 0.6 is 11.3 Å². The number of rotatable bonds is 6. The van der Waals surface area contributed by atoms with Crippen LogP contribution in [0.3, 0.4) is 0 Å². The molecule has 0 radical (unpaired) electrons. The highest BCUT2D eigenvalue weighted by atomic mass is 32.1. The van der Waals surface area contributed by atoms with Crippen molar-refractivity contribution in [3.63, 3.8) is 0 Å². The van der Waals surface area contributed by atoms with E-state index >= 15 is 0 Å². The van der Waals surface area contributed by atoms with Crippen LogP contribution in [0.2, 0.25) is 0 Å². The summed E-state index contributed by atoms with van der Waals surface area (Å²) in [5.41, 5.74) is 1.39. The van der Waals surface area contributed by atoms with Gasteiger partial charge in [0.15, 0.2) is 0 Å².